The zero-order valence-electron chi connectivity index (χ0n) is 17.7. The molecule has 1 aromatic carbocycles. The average Bonchev–Trinajstić information content (AvgIpc) is 2.82. The summed E-state index contributed by atoms with van der Waals surface area (Å²) in [5.41, 5.74) is 4.90. The number of rotatable bonds is 7. The van der Waals surface area contributed by atoms with Gasteiger partial charge in [0.05, 0.1) is 5.69 Å². The van der Waals surface area contributed by atoms with Crippen molar-refractivity contribution in [3.05, 3.63) is 102 Å². The van der Waals surface area contributed by atoms with E-state index in [2.05, 4.69) is 56.1 Å². The average molecular weight is 440 g/mol. The van der Waals surface area contributed by atoms with E-state index in [1.165, 1.54) is 0 Å². The Balaban J connectivity index is 1.49. The second-order valence-corrected chi connectivity index (χ2v) is 7.50. The van der Waals surface area contributed by atoms with Crippen LogP contribution in [0.2, 0.25) is 5.15 Å². The first-order valence-electron chi connectivity index (χ1n) is 10.2. The Kier molecular flexibility index (Phi) is 6.68. The summed E-state index contributed by atoms with van der Waals surface area (Å²) in [4.78, 5) is 17.2. The third-order valence-corrected chi connectivity index (χ3v) is 5.17. The topological polar surface area (TPSA) is 63.1 Å². The van der Waals surface area contributed by atoms with Gasteiger partial charge in [-0.25, -0.2) is 9.97 Å². The molecule has 0 saturated heterocycles. The molecule has 1 N–H and O–H groups in total. The van der Waals surface area contributed by atoms with Crippen molar-refractivity contribution < 1.29 is 0 Å². The van der Waals surface area contributed by atoms with Crippen LogP contribution in [0.4, 0.5) is 5.82 Å². The van der Waals surface area contributed by atoms with Gasteiger partial charge in [-0.1, -0.05) is 42.4 Å². The van der Waals surface area contributed by atoms with Gasteiger partial charge in [0.1, 0.15) is 11.0 Å². The Morgan fingerprint density at radius 3 is 2.66 bits per heavy atom. The molecule has 4 rings (SSSR count). The molecule has 0 aliphatic carbocycles. The number of hydrogen-bond donors (Lipinski definition) is 1. The summed E-state index contributed by atoms with van der Waals surface area (Å²) >= 11 is 6.02. The molecule has 0 fully saturated rings. The third kappa shape index (κ3) is 5.07. The van der Waals surface area contributed by atoms with Gasteiger partial charge in [0.2, 0.25) is 0 Å². The van der Waals surface area contributed by atoms with E-state index in [9.17, 15) is 0 Å². The minimum atomic E-state index is 0.446. The Bertz CT molecular complexity index is 1310. The molecule has 32 heavy (non-hydrogen) atoms. The number of benzene rings is 1. The highest BCUT2D eigenvalue weighted by molar-refractivity contribution is 6.29. The second kappa shape index (κ2) is 9.98. The molecule has 0 atom stereocenters. The molecule has 0 unspecified atom stereocenters. The maximum Gasteiger partial charge on any atom is 0.135 e. The van der Waals surface area contributed by atoms with Crippen LogP contribution < -0.4 is 5.32 Å². The standard InChI is InChI=1S/C26H22ClN5/c1-3-28-11-8-18(2)20-6-4-19(5-7-20)16-32-26-23-17-31-24(14-21(23)9-13-30-26)22-10-12-29-25(27)15-22/h3-15,17H,2,16H2,1H3,(H,30,32)/b11-8-,28-3+. The lowest BCUT2D eigenvalue weighted by atomic mass is 10.1. The van der Waals surface area contributed by atoms with Crippen LogP contribution in [0.5, 0.6) is 0 Å². The molecule has 0 amide bonds. The molecular weight excluding hydrogens is 418 g/mol. The molecular formula is C26H22ClN5. The molecule has 0 aliphatic rings. The number of halogens is 1. The van der Waals surface area contributed by atoms with E-state index in [4.69, 9.17) is 11.6 Å². The van der Waals surface area contributed by atoms with E-state index in [0.717, 1.165) is 44.5 Å². The first kappa shape index (κ1) is 21.4. The van der Waals surface area contributed by atoms with E-state index in [1.54, 1.807) is 30.9 Å². The van der Waals surface area contributed by atoms with Gasteiger partial charge in [-0.15, -0.1) is 0 Å². The fraction of sp³-hybridized carbons (Fsp3) is 0.0769. The van der Waals surface area contributed by atoms with Crippen LogP contribution in [-0.4, -0.2) is 21.2 Å². The van der Waals surface area contributed by atoms with E-state index in [-0.39, 0.29) is 0 Å². The number of fused-ring (bicyclic) bond motifs is 1. The Morgan fingerprint density at radius 2 is 1.88 bits per heavy atom. The summed E-state index contributed by atoms with van der Waals surface area (Å²) < 4.78 is 0. The van der Waals surface area contributed by atoms with Crippen LogP contribution in [0.15, 0.2) is 91.0 Å². The van der Waals surface area contributed by atoms with Crippen LogP contribution in [0.25, 0.3) is 27.6 Å². The highest BCUT2D eigenvalue weighted by Crippen LogP contribution is 2.26. The molecule has 158 valence electrons. The predicted octanol–water partition coefficient (Wildman–Crippen LogP) is 6.57. The van der Waals surface area contributed by atoms with Gasteiger partial charge in [0, 0.05) is 48.5 Å². The fourth-order valence-corrected chi connectivity index (χ4v) is 3.44. The van der Waals surface area contributed by atoms with E-state index < -0.39 is 0 Å². The van der Waals surface area contributed by atoms with Crippen molar-refractivity contribution in [2.75, 3.05) is 5.32 Å². The van der Waals surface area contributed by atoms with Crippen molar-refractivity contribution in [2.45, 2.75) is 13.5 Å². The number of allylic oxidation sites excluding steroid dienone is 2. The lowest BCUT2D eigenvalue weighted by Gasteiger charge is -2.10. The molecule has 0 radical (unpaired) electrons. The lowest BCUT2D eigenvalue weighted by Crippen LogP contribution is -2.02. The fourth-order valence-electron chi connectivity index (χ4n) is 3.27. The van der Waals surface area contributed by atoms with Gasteiger partial charge in [0.25, 0.3) is 0 Å². The van der Waals surface area contributed by atoms with Gasteiger partial charge in [-0.3, -0.25) is 9.98 Å². The van der Waals surface area contributed by atoms with Crippen molar-refractivity contribution in [3.8, 4) is 11.3 Å². The summed E-state index contributed by atoms with van der Waals surface area (Å²) in [7, 11) is 0. The van der Waals surface area contributed by atoms with Gasteiger partial charge in [-0.05, 0) is 59.4 Å². The minimum absolute atomic E-state index is 0.446. The molecule has 0 spiro atoms. The van der Waals surface area contributed by atoms with Gasteiger partial charge >= 0.3 is 0 Å². The van der Waals surface area contributed by atoms with E-state index >= 15 is 0 Å². The van der Waals surface area contributed by atoms with Gasteiger partial charge < -0.3 is 5.32 Å². The molecule has 3 heterocycles. The van der Waals surface area contributed by atoms with E-state index in [1.807, 2.05) is 37.4 Å². The number of nitrogens with one attached hydrogen (secondary N) is 1. The smallest absolute Gasteiger partial charge is 0.135 e. The molecule has 0 saturated carbocycles. The van der Waals surface area contributed by atoms with Gasteiger partial charge in [0.15, 0.2) is 0 Å². The Morgan fingerprint density at radius 1 is 1.06 bits per heavy atom. The molecule has 3 aromatic heterocycles. The molecule has 6 heteroatoms. The van der Waals surface area contributed by atoms with Crippen molar-refractivity contribution >= 4 is 40.0 Å². The van der Waals surface area contributed by atoms with Crippen molar-refractivity contribution in [1.82, 2.24) is 15.0 Å². The van der Waals surface area contributed by atoms with Crippen molar-refractivity contribution in [2.24, 2.45) is 4.99 Å². The number of aliphatic imine (C=N–C) groups is 1. The zero-order valence-corrected chi connectivity index (χ0v) is 18.4. The third-order valence-electron chi connectivity index (χ3n) is 4.97. The minimum Gasteiger partial charge on any atom is -0.365 e. The van der Waals surface area contributed by atoms with Crippen LogP contribution in [-0.2, 0) is 6.54 Å². The number of hydrogen-bond acceptors (Lipinski definition) is 5. The summed E-state index contributed by atoms with van der Waals surface area (Å²) in [5, 5.41) is 5.88. The van der Waals surface area contributed by atoms with Crippen LogP contribution in [0.1, 0.15) is 18.1 Å². The maximum absolute atomic E-state index is 6.02. The van der Waals surface area contributed by atoms with E-state index in [0.29, 0.717) is 11.7 Å². The van der Waals surface area contributed by atoms with Crippen LogP contribution >= 0.6 is 11.6 Å². The number of aromatic nitrogens is 3. The summed E-state index contributed by atoms with van der Waals surface area (Å²) in [6, 6.07) is 16.0. The first-order chi connectivity index (χ1) is 15.6. The second-order valence-electron chi connectivity index (χ2n) is 7.12. The zero-order chi connectivity index (χ0) is 22.3. The quantitative estimate of drug-likeness (QED) is 0.201. The molecule has 0 bridgehead atoms. The SMILES string of the molecule is C=C(/C=C\N=C\C)c1ccc(CNc2nccc3cc(-c4ccnc(Cl)c4)ncc23)cc1. The maximum atomic E-state index is 6.02. The van der Waals surface area contributed by atoms with Gasteiger partial charge in [-0.2, -0.15) is 0 Å². The summed E-state index contributed by atoms with van der Waals surface area (Å²) in [6.45, 7) is 6.61. The molecule has 0 aliphatic heterocycles. The largest absolute Gasteiger partial charge is 0.365 e. The number of pyridine rings is 3. The van der Waals surface area contributed by atoms with Crippen LogP contribution in [0.3, 0.4) is 0 Å². The molecule has 5 nitrogen and oxygen atoms in total. The predicted molar refractivity (Wildman–Crippen MR) is 134 cm³/mol. The van der Waals surface area contributed by atoms with Crippen LogP contribution in [0, 0.1) is 0 Å². The highest BCUT2D eigenvalue weighted by atomic mass is 35.5. The Hall–Kier alpha value is -3.83. The monoisotopic (exact) mass is 439 g/mol. The molecule has 4 aromatic rings. The lowest BCUT2D eigenvalue weighted by molar-refractivity contribution is 1.12. The number of anilines is 1. The highest BCUT2D eigenvalue weighted by Gasteiger charge is 2.07. The van der Waals surface area contributed by atoms with Crippen molar-refractivity contribution in [1.29, 1.82) is 0 Å². The Labute approximate surface area is 192 Å². The summed E-state index contributed by atoms with van der Waals surface area (Å²) in [6.07, 6.45) is 10.7. The normalized spacial score (nSPS) is 11.4. The van der Waals surface area contributed by atoms with Crippen molar-refractivity contribution in [3.63, 3.8) is 0 Å². The number of nitrogens with zero attached hydrogens (tertiary/aromatic N) is 4. The first-order valence-corrected chi connectivity index (χ1v) is 10.5. The summed E-state index contributed by atoms with van der Waals surface area (Å²) in [5.74, 6) is 0.795.